The first-order valence-corrected chi connectivity index (χ1v) is 12.8. The van der Waals surface area contributed by atoms with E-state index in [1.807, 2.05) is 6.92 Å². The van der Waals surface area contributed by atoms with Crippen molar-refractivity contribution < 1.29 is 19.1 Å². The van der Waals surface area contributed by atoms with E-state index in [1.54, 1.807) is 42.5 Å². The van der Waals surface area contributed by atoms with Crippen LogP contribution in [-0.2, 0) is 4.79 Å². The summed E-state index contributed by atoms with van der Waals surface area (Å²) < 4.78 is 13.0. The Morgan fingerprint density at radius 1 is 1.06 bits per heavy atom. The number of para-hydroxylation sites is 1. The predicted octanol–water partition coefficient (Wildman–Crippen LogP) is 5.33. The van der Waals surface area contributed by atoms with Crippen LogP contribution in [0.15, 0.2) is 47.6 Å². The van der Waals surface area contributed by atoms with E-state index in [1.165, 1.54) is 30.3 Å². The molecule has 2 N–H and O–H groups in total. The molecule has 0 unspecified atom stereocenters. The van der Waals surface area contributed by atoms with Crippen LogP contribution in [0.1, 0.15) is 53.5 Å². The van der Waals surface area contributed by atoms with E-state index in [0.717, 1.165) is 23.7 Å². The third-order valence-electron chi connectivity index (χ3n) is 6.45. The van der Waals surface area contributed by atoms with Gasteiger partial charge in [0.25, 0.3) is 5.91 Å². The molecule has 0 radical (unpaired) electrons. The van der Waals surface area contributed by atoms with Crippen molar-refractivity contribution in [2.75, 3.05) is 23.2 Å². The summed E-state index contributed by atoms with van der Waals surface area (Å²) in [5.74, 6) is 0.931. The van der Waals surface area contributed by atoms with E-state index in [4.69, 9.17) is 14.5 Å². The number of hydrogen-bond donors (Lipinski definition) is 2. The van der Waals surface area contributed by atoms with E-state index >= 15 is 0 Å². The van der Waals surface area contributed by atoms with Crippen LogP contribution in [0.4, 0.5) is 11.4 Å². The summed E-state index contributed by atoms with van der Waals surface area (Å²) in [6.45, 7) is 4.28. The Bertz CT molecular complexity index is 1270. The number of rotatable bonds is 7. The van der Waals surface area contributed by atoms with Crippen molar-refractivity contribution in [1.82, 2.24) is 9.55 Å². The number of nitrogens with zero attached hydrogens (tertiary/aromatic N) is 2. The van der Waals surface area contributed by atoms with Gasteiger partial charge in [-0.25, -0.2) is 4.98 Å². The molecule has 1 aliphatic heterocycles. The van der Waals surface area contributed by atoms with Crippen LogP contribution in [0.5, 0.6) is 11.5 Å². The van der Waals surface area contributed by atoms with Crippen LogP contribution in [0, 0.1) is 13.8 Å². The average Bonchev–Trinajstić information content (AvgIpc) is 3.59. The fourth-order valence-corrected chi connectivity index (χ4v) is 5.53. The Labute approximate surface area is 208 Å². The smallest absolute Gasteiger partial charge is 0.257 e. The molecule has 0 spiro atoms. The summed E-state index contributed by atoms with van der Waals surface area (Å²) in [6.07, 6.45) is 4.78. The number of carbonyl (C=O) groups excluding carboxylic acids is 2. The van der Waals surface area contributed by atoms with Crippen molar-refractivity contribution >= 4 is 35.0 Å². The molecule has 0 bridgehead atoms. The molecule has 5 rings (SSSR count). The molecule has 2 aromatic carbocycles. The second-order valence-corrected chi connectivity index (χ2v) is 9.72. The Morgan fingerprint density at radius 2 is 1.83 bits per heavy atom. The summed E-state index contributed by atoms with van der Waals surface area (Å²) in [5, 5.41) is 6.65. The highest BCUT2D eigenvalue weighted by molar-refractivity contribution is 7.99. The van der Waals surface area contributed by atoms with Crippen LogP contribution in [0.25, 0.3) is 0 Å². The Balaban J connectivity index is 1.25. The number of carbonyl (C=O) groups is 2. The van der Waals surface area contributed by atoms with Gasteiger partial charge < -0.3 is 24.7 Å². The molecule has 182 valence electrons. The SMILES string of the molecule is Cc1nc(SCC(=O)Nc2ccccc2C(=O)Nc2ccc3c(c2)OCO3)n(C2CCCC2)c1C. The van der Waals surface area contributed by atoms with Gasteiger partial charge in [0.1, 0.15) is 0 Å². The van der Waals surface area contributed by atoms with Gasteiger partial charge in [-0.1, -0.05) is 36.7 Å². The number of aryl methyl sites for hydroxylation is 1. The molecule has 0 saturated heterocycles. The van der Waals surface area contributed by atoms with E-state index < -0.39 is 0 Å². The fraction of sp³-hybridized carbons (Fsp3) is 0.346. The number of hydrogen-bond acceptors (Lipinski definition) is 6. The Hall–Kier alpha value is -3.46. The quantitative estimate of drug-likeness (QED) is 0.433. The maximum Gasteiger partial charge on any atom is 0.257 e. The van der Waals surface area contributed by atoms with Gasteiger partial charge in [-0.2, -0.15) is 0 Å². The Morgan fingerprint density at radius 3 is 2.66 bits per heavy atom. The molecule has 2 amide bonds. The van der Waals surface area contributed by atoms with Crippen molar-refractivity contribution in [2.24, 2.45) is 0 Å². The summed E-state index contributed by atoms with van der Waals surface area (Å²) in [6, 6.07) is 12.6. The highest BCUT2D eigenvalue weighted by atomic mass is 32.2. The number of thioether (sulfide) groups is 1. The van der Waals surface area contributed by atoms with Crippen LogP contribution in [0.3, 0.4) is 0 Å². The summed E-state index contributed by atoms with van der Waals surface area (Å²) >= 11 is 1.44. The molecule has 2 heterocycles. The van der Waals surface area contributed by atoms with Crippen molar-refractivity contribution in [1.29, 1.82) is 0 Å². The molecule has 1 aromatic heterocycles. The maximum atomic E-state index is 13.0. The molecule has 0 atom stereocenters. The third-order valence-corrected chi connectivity index (χ3v) is 7.41. The Kier molecular flexibility index (Phi) is 6.68. The third kappa shape index (κ3) is 5.00. The van der Waals surface area contributed by atoms with Crippen molar-refractivity contribution in [3.8, 4) is 11.5 Å². The second kappa shape index (κ2) is 10.0. The highest BCUT2D eigenvalue weighted by Gasteiger charge is 2.24. The van der Waals surface area contributed by atoms with Crippen LogP contribution < -0.4 is 20.1 Å². The molecule has 35 heavy (non-hydrogen) atoms. The van der Waals surface area contributed by atoms with Gasteiger partial charge in [0.2, 0.25) is 12.7 Å². The lowest BCUT2D eigenvalue weighted by molar-refractivity contribution is -0.113. The molecular formula is C26H28N4O4S. The van der Waals surface area contributed by atoms with Crippen LogP contribution in [0.2, 0.25) is 0 Å². The van der Waals surface area contributed by atoms with Gasteiger partial charge in [0, 0.05) is 23.5 Å². The standard InChI is InChI=1S/C26H28N4O4S/c1-16-17(2)30(19-7-3-4-8-19)26(27-16)35-14-24(31)29-21-10-6-5-9-20(21)25(32)28-18-11-12-22-23(13-18)34-15-33-22/h5-6,9-13,19H,3-4,7-8,14-15H2,1-2H3,(H,28,32)(H,29,31). The largest absolute Gasteiger partial charge is 0.454 e. The molecule has 8 nitrogen and oxygen atoms in total. The zero-order valence-corrected chi connectivity index (χ0v) is 20.6. The zero-order valence-electron chi connectivity index (χ0n) is 19.8. The minimum absolute atomic E-state index is 0.166. The van der Waals surface area contributed by atoms with E-state index in [-0.39, 0.29) is 24.4 Å². The lowest BCUT2D eigenvalue weighted by atomic mass is 10.1. The van der Waals surface area contributed by atoms with Gasteiger partial charge in [-0.3, -0.25) is 9.59 Å². The number of aromatic nitrogens is 2. The van der Waals surface area contributed by atoms with Crippen molar-refractivity contribution in [2.45, 2.75) is 50.7 Å². The highest BCUT2D eigenvalue weighted by Crippen LogP contribution is 2.36. The zero-order chi connectivity index (χ0) is 24.4. The topological polar surface area (TPSA) is 94.5 Å². The van der Waals surface area contributed by atoms with Gasteiger partial charge >= 0.3 is 0 Å². The fourth-order valence-electron chi connectivity index (χ4n) is 4.57. The first-order valence-electron chi connectivity index (χ1n) is 11.8. The number of imidazole rings is 1. The average molecular weight is 493 g/mol. The first-order chi connectivity index (χ1) is 17.0. The van der Waals surface area contributed by atoms with Gasteiger partial charge in [0.05, 0.1) is 22.7 Å². The molecule has 9 heteroatoms. The lowest BCUT2D eigenvalue weighted by Crippen LogP contribution is -2.19. The summed E-state index contributed by atoms with van der Waals surface area (Å²) in [5.41, 5.74) is 3.60. The predicted molar refractivity (Wildman–Crippen MR) is 136 cm³/mol. The van der Waals surface area contributed by atoms with Crippen molar-refractivity contribution in [3.05, 3.63) is 59.4 Å². The van der Waals surface area contributed by atoms with Gasteiger partial charge in [-0.05, 0) is 51.0 Å². The number of amides is 2. The number of ether oxygens (including phenoxy) is 2. The normalized spacial score (nSPS) is 14.8. The van der Waals surface area contributed by atoms with Gasteiger partial charge in [-0.15, -0.1) is 0 Å². The van der Waals surface area contributed by atoms with Crippen molar-refractivity contribution in [3.63, 3.8) is 0 Å². The molecule has 3 aromatic rings. The van der Waals surface area contributed by atoms with E-state index in [0.29, 0.717) is 34.5 Å². The minimum atomic E-state index is -0.324. The monoisotopic (exact) mass is 492 g/mol. The van der Waals surface area contributed by atoms with Gasteiger partial charge in [0.15, 0.2) is 16.7 Å². The lowest BCUT2D eigenvalue weighted by Gasteiger charge is -2.17. The van der Waals surface area contributed by atoms with Crippen LogP contribution in [-0.4, -0.2) is 33.9 Å². The van der Waals surface area contributed by atoms with Crippen LogP contribution >= 0.6 is 11.8 Å². The summed E-state index contributed by atoms with van der Waals surface area (Å²) in [4.78, 5) is 30.5. The van der Waals surface area contributed by atoms with E-state index in [9.17, 15) is 9.59 Å². The number of benzene rings is 2. The van der Waals surface area contributed by atoms with E-state index in [2.05, 4.69) is 22.1 Å². The molecule has 1 saturated carbocycles. The first kappa shape index (κ1) is 23.3. The summed E-state index contributed by atoms with van der Waals surface area (Å²) in [7, 11) is 0. The number of fused-ring (bicyclic) bond motifs is 1. The maximum absolute atomic E-state index is 13.0. The number of nitrogens with one attached hydrogen (secondary N) is 2. The second-order valence-electron chi connectivity index (χ2n) is 8.78. The molecular weight excluding hydrogens is 464 g/mol. The molecule has 1 fully saturated rings. The minimum Gasteiger partial charge on any atom is -0.454 e. The molecule has 2 aliphatic rings. The number of anilines is 2. The molecule has 1 aliphatic carbocycles.